The Kier molecular flexibility index (Phi) is 3.50. The molecular weight excluding hydrogens is 214 g/mol. The van der Waals surface area contributed by atoms with E-state index in [0.29, 0.717) is 12.1 Å². The SMILES string of the molecule is C#CCC(C)NS(=O)(=O)c1cn[nH]c1C. The van der Waals surface area contributed by atoms with Gasteiger partial charge in [0.2, 0.25) is 10.0 Å². The van der Waals surface area contributed by atoms with Gasteiger partial charge in [-0.25, -0.2) is 13.1 Å². The highest BCUT2D eigenvalue weighted by molar-refractivity contribution is 7.89. The number of terminal acetylenes is 1. The van der Waals surface area contributed by atoms with Crippen LogP contribution < -0.4 is 4.72 Å². The zero-order valence-corrected chi connectivity index (χ0v) is 9.43. The number of sulfonamides is 1. The number of hydrogen-bond acceptors (Lipinski definition) is 3. The molecule has 1 heterocycles. The van der Waals surface area contributed by atoms with Crippen LogP contribution in [0.15, 0.2) is 11.1 Å². The second kappa shape index (κ2) is 4.47. The third-order valence-electron chi connectivity index (χ3n) is 1.85. The van der Waals surface area contributed by atoms with Crippen molar-refractivity contribution in [3.63, 3.8) is 0 Å². The molecule has 82 valence electrons. The van der Waals surface area contributed by atoms with E-state index in [1.165, 1.54) is 6.20 Å². The lowest BCUT2D eigenvalue weighted by atomic mass is 10.3. The maximum atomic E-state index is 11.8. The minimum Gasteiger partial charge on any atom is -0.281 e. The Balaban J connectivity index is 2.87. The highest BCUT2D eigenvalue weighted by Gasteiger charge is 2.20. The van der Waals surface area contributed by atoms with Crippen LogP contribution in [0, 0.1) is 19.3 Å². The molecular formula is C9H13N3O2S. The Hall–Kier alpha value is -1.32. The van der Waals surface area contributed by atoms with E-state index in [2.05, 4.69) is 20.8 Å². The monoisotopic (exact) mass is 227 g/mol. The van der Waals surface area contributed by atoms with Crippen LogP contribution in [0.4, 0.5) is 0 Å². The fraction of sp³-hybridized carbons (Fsp3) is 0.444. The van der Waals surface area contributed by atoms with Crippen LogP contribution in [0.25, 0.3) is 0 Å². The van der Waals surface area contributed by atoms with Crippen molar-refractivity contribution in [2.45, 2.75) is 31.2 Å². The van der Waals surface area contributed by atoms with E-state index >= 15 is 0 Å². The number of nitrogens with zero attached hydrogens (tertiary/aromatic N) is 1. The Labute approximate surface area is 89.3 Å². The topological polar surface area (TPSA) is 74.8 Å². The Morgan fingerprint density at radius 3 is 2.87 bits per heavy atom. The van der Waals surface area contributed by atoms with Crippen LogP contribution in [0.5, 0.6) is 0 Å². The quantitative estimate of drug-likeness (QED) is 0.731. The average Bonchev–Trinajstić information content (AvgIpc) is 2.51. The summed E-state index contributed by atoms with van der Waals surface area (Å²) >= 11 is 0. The fourth-order valence-corrected chi connectivity index (χ4v) is 2.54. The molecule has 0 radical (unpaired) electrons. The number of hydrogen-bond donors (Lipinski definition) is 2. The minimum absolute atomic E-state index is 0.159. The molecule has 15 heavy (non-hydrogen) atoms. The summed E-state index contributed by atoms with van der Waals surface area (Å²) in [5.41, 5.74) is 0.510. The zero-order chi connectivity index (χ0) is 11.5. The van der Waals surface area contributed by atoms with Crippen LogP contribution >= 0.6 is 0 Å². The Morgan fingerprint density at radius 2 is 2.40 bits per heavy atom. The standard InChI is InChI=1S/C9H13N3O2S/c1-4-5-7(2)12-15(13,14)9-6-10-11-8(9)3/h1,6-7,12H,5H2,2-3H3,(H,10,11). The molecule has 0 aliphatic carbocycles. The zero-order valence-electron chi connectivity index (χ0n) is 8.61. The van der Waals surface area contributed by atoms with Gasteiger partial charge in [0.25, 0.3) is 0 Å². The third-order valence-corrected chi connectivity index (χ3v) is 3.56. The number of aromatic nitrogens is 2. The molecule has 1 aromatic heterocycles. The molecule has 0 aliphatic heterocycles. The van der Waals surface area contributed by atoms with Crippen molar-refractivity contribution in [3.05, 3.63) is 11.9 Å². The van der Waals surface area contributed by atoms with Crippen molar-refractivity contribution < 1.29 is 8.42 Å². The number of aromatic amines is 1. The summed E-state index contributed by atoms with van der Waals surface area (Å²) in [4.78, 5) is 0.159. The van der Waals surface area contributed by atoms with E-state index in [1.54, 1.807) is 13.8 Å². The van der Waals surface area contributed by atoms with E-state index in [4.69, 9.17) is 6.42 Å². The van der Waals surface area contributed by atoms with Crippen molar-refractivity contribution in [2.24, 2.45) is 0 Å². The molecule has 0 amide bonds. The number of H-pyrrole nitrogens is 1. The van der Waals surface area contributed by atoms with Gasteiger partial charge in [-0.15, -0.1) is 12.3 Å². The van der Waals surface area contributed by atoms with E-state index in [-0.39, 0.29) is 10.9 Å². The van der Waals surface area contributed by atoms with Crippen molar-refractivity contribution in [3.8, 4) is 12.3 Å². The molecule has 0 spiro atoms. The van der Waals surface area contributed by atoms with E-state index in [1.807, 2.05) is 0 Å². The van der Waals surface area contributed by atoms with Crippen molar-refractivity contribution in [2.75, 3.05) is 0 Å². The molecule has 5 nitrogen and oxygen atoms in total. The van der Waals surface area contributed by atoms with E-state index in [9.17, 15) is 8.42 Å². The first-order valence-electron chi connectivity index (χ1n) is 4.43. The van der Waals surface area contributed by atoms with Gasteiger partial charge in [-0.05, 0) is 13.8 Å². The molecule has 1 unspecified atom stereocenters. The molecule has 0 bridgehead atoms. The summed E-state index contributed by atoms with van der Waals surface area (Å²) in [7, 11) is -3.51. The first kappa shape index (κ1) is 11.8. The van der Waals surface area contributed by atoms with Gasteiger partial charge < -0.3 is 0 Å². The summed E-state index contributed by atoms with van der Waals surface area (Å²) < 4.78 is 26.0. The summed E-state index contributed by atoms with van der Waals surface area (Å²) in [5, 5.41) is 6.23. The van der Waals surface area contributed by atoms with Crippen LogP contribution in [0.3, 0.4) is 0 Å². The lowest BCUT2D eigenvalue weighted by Gasteiger charge is -2.10. The van der Waals surface area contributed by atoms with Gasteiger partial charge >= 0.3 is 0 Å². The van der Waals surface area contributed by atoms with Gasteiger partial charge in [0, 0.05) is 12.5 Å². The Bertz CT molecular complexity index is 470. The van der Waals surface area contributed by atoms with Crippen LogP contribution in [-0.4, -0.2) is 24.7 Å². The van der Waals surface area contributed by atoms with Crippen molar-refractivity contribution in [1.82, 2.24) is 14.9 Å². The molecule has 0 saturated carbocycles. The largest absolute Gasteiger partial charge is 0.281 e. The van der Waals surface area contributed by atoms with Crippen molar-refractivity contribution in [1.29, 1.82) is 0 Å². The molecule has 1 atom stereocenters. The maximum Gasteiger partial charge on any atom is 0.244 e. The minimum atomic E-state index is -3.51. The molecule has 0 fully saturated rings. The normalized spacial score (nSPS) is 13.4. The number of nitrogens with one attached hydrogen (secondary N) is 2. The predicted octanol–water partition coefficient (Wildman–Crippen LogP) is 0.408. The van der Waals surface area contributed by atoms with E-state index < -0.39 is 10.0 Å². The lowest BCUT2D eigenvalue weighted by molar-refractivity contribution is 0.563. The summed E-state index contributed by atoms with van der Waals surface area (Å²) in [6.07, 6.45) is 6.73. The summed E-state index contributed by atoms with van der Waals surface area (Å²) in [5.74, 6) is 2.40. The molecule has 1 rings (SSSR count). The van der Waals surface area contributed by atoms with Crippen LogP contribution in [-0.2, 0) is 10.0 Å². The Morgan fingerprint density at radius 1 is 1.73 bits per heavy atom. The van der Waals surface area contributed by atoms with Crippen LogP contribution in [0.1, 0.15) is 19.0 Å². The van der Waals surface area contributed by atoms with Gasteiger partial charge in [0.1, 0.15) is 4.90 Å². The molecule has 1 aromatic rings. The first-order valence-corrected chi connectivity index (χ1v) is 5.91. The number of aryl methyl sites for hydroxylation is 1. The predicted molar refractivity (Wildman–Crippen MR) is 56.6 cm³/mol. The average molecular weight is 227 g/mol. The smallest absolute Gasteiger partial charge is 0.244 e. The van der Waals surface area contributed by atoms with Crippen molar-refractivity contribution >= 4 is 10.0 Å². The first-order chi connectivity index (χ1) is 6.97. The highest BCUT2D eigenvalue weighted by Crippen LogP contribution is 2.11. The lowest BCUT2D eigenvalue weighted by Crippen LogP contribution is -2.32. The van der Waals surface area contributed by atoms with Gasteiger partial charge in [0.15, 0.2) is 0 Å². The third kappa shape index (κ3) is 2.81. The molecule has 0 aliphatic rings. The van der Waals surface area contributed by atoms with Gasteiger partial charge in [0.05, 0.1) is 11.9 Å². The number of rotatable bonds is 4. The van der Waals surface area contributed by atoms with Gasteiger partial charge in [-0.2, -0.15) is 5.10 Å². The molecule has 6 heteroatoms. The molecule has 0 aromatic carbocycles. The molecule has 2 N–H and O–H groups in total. The maximum absolute atomic E-state index is 11.8. The van der Waals surface area contributed by atoms with Gasteiger partial charge in [-0.1, -0.05) is 0 Å². The fourth-order valence-electron chi connectivity index (χ4n) is 1.16. The molecule has 0 saturated heterocycles. The summed E-state index contributed by atoms with van der Waals surface area (Å²) in [6, 6.07) is -0.283. The summed E-state index contributed by atoms with van der Waals surface area (Å²) in [6.45, 7) is 3.36. The van der Waals surface area contributed by atoms with Gasteiger partial charge in [-0.3, -0.25) is 5.10 Å². The van der Waals surface area contributed by atoms with Crippen LogP contribution in [0.2, 0.25) is 0 Å². The second-order valence-electron chi connectivity index (χ2n) is 3.29. The highest BCUT2D eigenvalue weighted by atomic mass is 32.2. The second-order valence-corrected chi connectivity index (χ2v) is 4.97. The van der Waals surface area contributed by atoms with E-state index in [0.717, 1.165) is 0 Å².